The Morgan fingerprint density at radius 3 is 1.64 bits per heavy atom. The van der Waals surface area contributed by atoms with Gasteiger partial charge in [0.1, 0.15) is 0 Å². The SMILES string of the molecule is CCCCCCCCCOP(O)(O)(CCCCCCCCC)c1ccccc1. The van der Waals surface area contributed by atoms with Crippen molar-refractivity contribution in [1.82, 2.24) is 0 Å². The van der Waals surface area contributed by atoms with Crippen LogP contribution in [0.1, 0.15) is 104 Å². The summed E-state index contributed by atoms with van der Waals surface area (Å²) in [4.78, 5) is 22.7. The van der Waals surface area contributed by atoms with Crippen molar-refractivity contribution in [3.63, 3.8) is 0 Å². The molecular formula is C24H45O3P. The third-order valence-electron chi connectivity index (χ3n) is 5.55. The normalized spacial score (nSPS) is 13.4. The molecule has 0 spiro atoms. The van der Waals surface area contributed by atoms with Crippen molar-refractivity contribution < 1.29 is 14.3 Å². The molecule has 0 bridgehead atoms. The molecule has 3 nitrogen and oxygen atoms in total. The van der Waals surface area contributed by atoms with E-state index >= 15 is 0 Å². The van der Waals surface area contributed by atoms with Gasteiger partial charge in [0.15, 0.2) is 0 Å². The summed E-state index contributed by atoms with van der Waals surface area (Å²) in [5, 5.41) is 0.572. The zero-order valence-electron chi connectivity index (χ0n) is 18.5. The second kappa shape index (κ2) is 14.5. The van der Waals surface area contributed by atoms with Crippen molar-refractivity contribution in [1.29, 1.82) is 0 Å². The second-order valence-corrected chi connectivity index (χ2v) is 11.7. The first-order chi connectivity index (χ1) is 13.5. The van der Waals surface area contributed by atoms with Gasteiger partial charge in [-0.05, 0) is 0 Å². The van der Waals surface area contributed by atoms with Crippen LogP contribution in [0.25, 0.3) is 0 Å². The van der Waals surface area contributed by atoms with Crippen molar-refractivity contribution in [2.24, 2.45) is 0 Å². The molecule has 0 aliphatic heterocycles. The Hall–Kier alpha value is -0.470. The number of benzene rings is 1. The Labute approximate surface area is 174 Å². The fourth-order valence-electron chi connectivity index (χ4n) is 3.67. The van der Waals surface area contributed by atoms with Gasteiger partial charge in [0.25, 0.3) is 0 Å². The van der Waals surface area contributed by atoms with Gasteiger partial charge in [-0.3, -0.25) is 0 Å². The zero-order chi connectivity index (χ0) is 20.6. The summed E-state index contributed by atoms with van der Waals surface area (Å²) in [7, 11) is -4.27. The molecular weight excluding hydrogens is 367 g/mol. The average Bonchev–Trinajstić information content (AvgIpc) is 2.70. The van der Waals surface area contributed by atoms with E-state index in [0.717, 1.165) is 25.7 Å². The Morgan fingerprint density at radius 1 is 0.643 bits per heavy atom. The van der Waals surface area contributed by atoms with Crippen LogP contribution in [0, 0.1) is 0 Å². The molecule has 0 radical (unpaired) electrons. The van der Waals surface area contributed by atoms with Crippen LogP contribution in [0.3, 0.4) is 0 Å². The van der Waals surface area contributed by atoms with E-state index in [0.29, 0.717) is 18.1 Å². The topological polar surface area (TPSA) is 49.7 Å². The van der Waals surface area contributed by atoms with Gasteiger partial charge in [-0.15, -0.1) is 0 Å². The molecule has 1 rings (SSSR count). The third-order valence-corrected chi connectivity index (χ3v) is 8.73. The summed E-state index contributed by atoms with van der Waals surface area (Å²) in [5.41, 5.74) is 0. The molecule has 4 heteroatoms. The molecule has 0 saturated carbocycles. The van der Waals surface area contributed by atoms with Crippen LogP contribution in [-0.4, -0.2) is 22.6 Å². The van der Waals surface area contributed by atoms with Crippen LogP contribution in [0.15, 0.2) is 30.3 Å². The van der Waals surface area contributed by atoms with Crippen LogP contribution in [0.2, 0.25) is 0 Å². The Balaban J connectivity index is 2.46. The van der Waals surface area contributed by atoms with Crippen molar-refractivity contribution in [3.05, 3.63) is 30.3 Å². The molecule has 0 aromatic heterocycles. The second-order valence-electron chi connectivity index (χ2n) is 8.25. The predicted octanol–water partition coefficient (Wildman–Crippen LogP) is 7.11. The fraction of sp³-hybridized carbons (Fsp3) is 0.750. The molecule has 0 saturated heterocycles. The summed E-state index contributed by atoms with van der Waals surface area (Å²) in [6.07, 6.45) is 16.8. The van der Waals surface area contributed by atoms with E-state index in [1.54, 1.807) is 0 Å². The molecule has 0 amide bonds. The van der Waals surface area contributed by atoms with Crippen molar-refractivity contribution in [3.8, 4) is 0 Å². The molecule has 1 aromatic rings. The maximum atomic E-state index is 11.3. The van der Waals surface area contributed by atoms with Gasteiger partial charge in [0.2, 0.25) is 0 Å². The molecule has 1 aromatic carbocycles. The van der Waals surface area contributed by atoms with E-state index < -0.39 is 7.28 Å². The van der Waals surface area contributed by atoms with E-state index in [-0.39, 0.29) is 0 Å². The van der Waals surface area contributed by atoms with E-state index in [9.17, 15) is 9.79 Å². The van der Waals surface area contributed by atoms with Gasteiger partial charge in [-0.25, -0.2) is 0 Å². The Kier molecular flexibility index (Phi) is 13.2. The quantitative estimate of drug-likeness (QED) is 0.199. The maximum absolute atomic E-state index is 11.3. The first-order valence-corrected chi connectivity index (χ1v) is 14.0. The van der Waals surface area contributed by atoms with Gasteiger partial charge in [-0.1, -0.05) is 0 Å². The molecule has 28 heavy (non-hydrogen) atoms. The van der Waals surface area contributed by atoms with Crippen LogP contribution >= 0.6 is 7.28 Å². The predicted molar refractivity (Wildman–Crippen MR) is 124 cm³/mol. The molecule has 0 atom stereocenters. The first kappa shape index (κ1) is 25.6. The standard InChI is InChI=1S/C24H45O3P/c1-3-5-7-9-11-13-18-22-27-28(25,26,24-20-16-15-17-21-24)23-19-14-12-10-8-6-4-2/h15-17,20-21,25-26H,3-14,18-19,22-23H2,1-2H3. The summed E-state index contributed by atoms with van der Waals surface area (Å²) in [6, 6.07) is 9.26. The van der Waals surface area contributed by atoms with Crippen LogP contribution in [0.4, 0.5) is 0 Å². The minimum absolute atomic E-state index is 0.347. The third kappa shape index (κ3) is 10.3. The van der Waals surface area contributed by atoms with Crippen LogP contribution in [0.5, 0.6) is 0 Å². The Bertz CT molecular complexity index is 490. The van der Waals surface area contributed by atoms with Gasteiger partial charge in [-0.2, -0.15) is 0 Å². The van der Waals surface area contributed by atoms with Gasteiger partial charge < -0.3 is 0 Å². The molecule has 164 valence electrons. The van der Waals surface area contributed by atoms with Crippen molar-refractivity contribution in [2.75, 3.05) is 12.8 Å². The molecule has 0 heterocycles. The van der Waals surface area contributed by atoms with E-state index in [1.807, 2.05) is 30.3 Å². The number of hydrogen-bond acceptors (Lipinski definition) is 3. The average molecular weight is 413 g/mol. The first-order valence-electron chi connectivity index (χ1n) is 11.7. The Morgan fingerprint density at radius 2 is 1.11 bits per heavy atom. The molecule has 0 aliphatic rings. The van der Waals surface area contributed by atoms with Crippen molar-refractivity contribution >= 4 is 12.6 Å². The minimum atomic E-state index is -4.27. The monoisotopic (exact) mass is 412 g/mol. The molecule has 0 aliphatic carbocycles. The van der Waals surface area contributed by atoms with E-state index in [4.69, 9.17) is 4.52 Å². The number of unbranched alkanes of at least 4 members (excludes halogenated alkanes) is 12. The summed E-state index contributed by atoms with van der Waals surface area (Å²) < 4.78 is 5.92. The van der Waals surface area contributed by atoms with Gasteiger partial charge >= 0.3 is 174 Å². The fourth-order valence-corrected chi connectivity index (χ4v) is 6.28. The molecule has 0 unspecified atom stereocenters. The summed E-state index contributed by atoms with van der Waals surface area (Å²) >= 11 is 0. The summed E-state index contributed by atoms with van der Waals surface area (Å²) in [6.45, 7) is 4.89. The zero-order valence-corrected chi connectivity index (χ0v) is 19.3. The van der Waals surface area contributed by atoms with Gasteiger partial charge in [0, 0.05) is 0 Å². The number of hydrogen-bond donors (Lipinski definition) is 2. The molecule has 2 N–H and O–H groups in total. The summed E-state index contributed by atoms with van der Waals surface area (Å²) in [5.74, 6) is 0. The van der Waals surface area contributed by atoms with Crippen LogP contribution < -0.4 is 5.30 Å². The number of rotatable bonds is 18. The van der Waals surface area contributed by atoms with Gasteiger partial charge in [0.05, 0.1) is 0 Å². The van der Waals surface area contributed by atoms with E-state index in [2.05, 4.69) is 13.8 Å². The van der Waals surface area contributed by atoms with E-state index in [1.165, 1.54) is 64.2 Å². The molecule has 0 fully saturated rings. The van der Waals surface area contributed by atoms with Crippen molar-refractivity contribution in [2.45, 2.75) is 104 Å². The van der Waals surface area contributed by atoms with Crippen LogP contribution in [-0.2, 0) is 4.52 Å².